The number of aliphatic carboxylic acids is 1. The minimum atomic E-state index is -0.722. The maximum atomic E-state index is 11.9. The van der Waals surface area contributed by atoms with Gasteiger partial charge in [0.15, 0.2) is 0 Å². The minimum absolute atomic E-state index is 0. The van der Waals surface area contributed by atoms with Crippen LogP contribution in [0.3, 0.4) is 0 Å². The van der Waals surface area contributed by atoms with E-state index in [1.54, 1.807) is 13.8 Å². The topological polar surface area (TPSA) is 240 Å². The molecule has 0 aromatic heterocycles. The second kappa shape index (κ2) is 33.8. The van der Waals surface area contributed by atoms with Gasteiger partial charge in [0, 0.05) is 12.8 Å². The zero-order valence-corrected chi connectivity index (χ0v) is 45.9. The van der Waals surface area contributed by atoms with E-state index in [9.17, 15) is 49.2 Å². The van der Waals surface area contributed by atoms with Gasteiger partial charge in [0.2, 0.25) is 0 Å². The first-order valence-electron chi connectivity index (χ1n) is 26.3. The molecule has 0 radical (unpaired) electrons. The van der Waals surface area contributed by atoms with Gasteiger partial charge in [-0.2, -0.15) is 0 Å². The first kappa shape index (κ1) is 67.9. The van der Waals surface area contributed by atoms with E-state index in [-0.39, 0.29) is 85.5 Å². The van der Waals surface area contributed by atoms with Crippen LogP contribution in [0.2, 0.25) is 0 Å². The van der Waals surface area contributed by atoms with Gasteiger partial charge in [-0.15, -0.1) is 0 Å². The summed E-state index contributed by atoms with van der Waals surface area (Å²) in [4.78, 5) is 67.6. The van der Waals surface area contributed by atoms with E-state index >= 15 is 0 Å². The summed E-state index contributed by atoms with van der Waals surface area (Å²) in [6.07, 6.45) is 13.4. The average molecular weight is 1030 g/mol. The summed E-state index contributed by atoms with van der Waals surface area (Å²) in [6, 6.07) is 19.4. The number of hydrogen-bond donors (Lipinski definition) is 5. The zero-order chi connectivity index (χ0) is 53.4. The largest absolute Gasteiger partial charge is 1.00 e. The molecule has 74 heavy (non-hydrogen) atoms. The molecule has 5 fully saturated rings. The van der Waals surface area contributed by atoms with E-state index in [1.807, 2.05) is 88.4 Å². The van der Waals surface area contributed by atoms with E-state index in [1.165, 1.54) is 0 Å². The summed E-state index contributed by atoms with van der Waals surface area (Å²) in [5.41, 5.74) is -0.372. The maximum Gasteiger partial charge on any atom is 1.00 e. The van der Waals surface area contributed by atoms with Crippen LogP contribution in [-0.4, -0.2) is 96.8 Å². The Balaban J connectivity index is 0.000000466. The van der Waals surface area contributed by atoms with Crippen molar-refractivity contribution in [3.05, 3.63) is 79.2 Å². The smallest absolute Gasteiger partial charge is 0.481 e. The van der Waals surface area contributed by atoms with Crippen LogP contribution in [-0.2, 0) is 60.9 Å². The summed E-state index contributed by atoms with van der Waals surface area (Å²) in [5, 5.41) is 47.4. The van der Waals surface area contributed by atoms with Crippen LogP contribution in [0.5, 0.6) is 0 Å². The number of ether oxygens (including phenoxy) is 4. The zero-order valence-electron chi connectivity index (χ0n) is 45.9. The normalized spacial score (nSPS) is 28.4. The monoisotopic (exact) mass is 1030 g/mol. The van der Waals surface area contributed by atoms with Crippen molar-refractivity contribution in [1.82, 2.24) is 0 Å². The molecule has 16 heteroatoms. The van der Waals surface area contributed by atoms with Crippen molar-refractivity contribution in [1.29, 1.82) is 0 Å². The van der Waals surface area contributed by atoms with E-state index in [2.05, 4.69) is 0 Å². The summed E-state index contributed by atoms with van der Waals surface area (Å²) >= 11 is 0. The van der Waals surface area contributed by atoms with Crippen molar-refractivity contribution >= 4 is 35.6 Å². The Morgan fingerprint density at radius 3 is 0.946 bits per heavy atom. The summed E-state index contributed by atoms with van der Waals surface area (Å²) in [6.45, 7) is 12.4. The Bertz CT molecular complexity index is 1840. The Hall–Kier alpha value is -4.10. The molecule has 412 valence electrons. The molecule has 2 aromatic carbocycles. The van der Waals surface area contributed by atoms with Crippen molar-refractivity contribution in [2.45, 2.75) is 206 Å². The number of aliphatic hydroxyl groups is 4. The van der Waals surface area contributed by atoms with Crippen LogP contribution < -0.4 is 18.9 Å². The number of benzene rings is 2. The molecule has 0 heterocycles. The number of carboxylic acids is 1. The van der Waals surface area contributed by atoms with Gasteiger partial charge >= 0.3 is 48.7 Å². The second-order valence-electron chi connectivity index (χ2n) is 21.4. The molecule has 0 unspecified atom stereocenters. The molecule has 2 aromatic rings. The number of carbonyl (C=O) groups excluding carboxylic acids is 5. The molecular weight excluding hydrogens is 944 g/mol. The molecule has 0 aliphatic heterocycles. The van der Waals surface area contributed by atoms with Gasteiger partial charge in [-0.1, -0.05) is 60.7 Å². The number of Topliss-reactive ketones (excluding diaryl/α,β-unsaturated/α-hetero) is 1. The summed E-state index contributed by atoms with van der Waals surface area (Å²) in [5.74, 6) is -1.27. The SMILES string of the molecule is CC1(O)CCC(C(=O)O)CC1.CC1(O)CCC(C(=O)OCc2ccccc2)CC1.CC1(O)CCC(C(=O)OCc2ccccc2)CC1.CCOC(=O)C1CCC(=O)CC1.CCOC(=O)C1CCC(C)(O)CC1.[CH3-].[Li+]. The summed E-state index contributed by atoms with van der Waals surface area (Å²) < 4.78 is 20.4. The molecule has 0 saturated heterocycles. The first-order valence-corrected chi connectivity index (χ1v) is 26.3. The first-order chi connectivity index (χ1) is 33.9. The third-order valence-corrected chi connectivity index (χ3v) is 14.5. The van der Waals surface area contributed by atoms with E-state index < -0.39 is 28.4 Å². The quantitative estimate of drug-likeness (QED) is 0.0689. The average Bonchev–Trinajstić information content (AvgIpc) is 3.34. The fourth-order valence-corrected chi connectivity index (χ4v) is 9.30. The van der Waals surface area contributed by atoms with Gasteiger partial charge in [-0.05, 0) is 168 Å². The molecule has 7 rings (SSSR count). The van der Waals surface area contributed by atoms with Crippen molar-refractivity contribution in [3.63, 3.8) is 0 Å². The predicted molar refractivity (Wildman–Crippen MR) is 277 cm³/mol. The molecule has 5 aliphatic carbocycles. The molecular formula is C58H89LiO15. The van der Waals surface area contributed by atoms with Crippen molar-refractivity contribution in [3.8, 4) is 0 Å². The Morgan fingerprint density at radius 2 is 0.689 bits per heavy atom. The molecule has 5 saturated carbocycles. The number of rotatable bonds is 11. The fraction of sp³-hybridized carbons (Fsp3) is 0.672. The van der Waals surface area contributed by atoms with Crippen molar-refractivity contribution < 1.29 is 92.1 Å². The van der Waals surface area contributed by atoms with E-state index in [0.717, 1.165) is 49.7 Å². The molecule has 0 amide bonds. The summed E-state index contributed by atoms with van der Waals surface area (Å²) in [7, 11) is 0. The number of hydrogen-bond acceptors (Lipinski definition) is 14. The van der Waals surface area contributed by atoms with Crippen LogP contribution in [0.1, 0.15) is 181 Å². The van der Waals surface area contributed by atoms with Gasteiger partial charge in [-0.25, -0.2) is 0 Å². The predicted octanol–water partition coefficient (Wildman–Crippen LogP) is 6.61. The second-order valence-corrected chi connectivity index (χ2v) is 21.4. The number of carbonyl (C=O) groups is 6. The Morgan fingerprint density at radius 1 is 0.446 bits per heavy atom. The van der Waals surface area contributed by atoms with Crippen LogP contribution in [0.15, 0.2) is 60.7 Å². The Labute approximate surface area is 453 Å². The molecule has 0 bridgehead atoms. The van der Waals surface area contributed by atoms with E-state index in [0.29, 0.717) is 116 Å². The Kier molecular flexibility index (Phi) is 31.0. The number of esters is 4. The molecule has 0 spiro atoms. The third-order valence-electron chi connectivity index (χ3n) is 14.5. The van der Waals surface area contributed by atoms with Crippen LogP contribution in [0.25, 0.3) is 0 Å². The van der Waals surface area contributed by atoms with E-state index in [4.69, 9.17) is 24.1 Å². The van der Waals surface area contributed by atoms with Gasteiger partial charge in [0.25, 0.3) is 0 Å². The standard InChI is InChI=1S/2C15H20O3.C10H18O3.C9H14O3.C8H14O3.CH3.Li/c2*1-15(17)9-7-13(8-10-15)14(16)18-11-12-5-3-2-4-6-12;1-3-13-9(11)8-4-6-10(2,12)7-5-8;1-2-12-9(11)7-3-5-8(10)6-4-7;1-8(11)4-2-6(3-5-8)7(9)10;;/h2*2-6,13,17H,7-11H2,1H3;8,12H,3-7H2,1-2H3;7H,2-6H2,1H3;6,11H,2-5H2,1H3,(H,9,10);1H3;/q;;;;;-1;+1. The van der Waals surface area contributed by atoms with Gasteiger partial charge < -0.3 is 51.9 Å². The van der Waals surface area contributed by atoms with Crippen molar-refractivity contribution in [2.75, 3.05) is 13.2 Å². The maximum absolute atomic E-state index is 11.9. The molecule has 5 aliphatic rings. The van der Waals surface area contributed by atoms with Crippen LogP contribution in [0, 0.1) is 37.0 Å². The van der Waals surface area contributed by atoms with Gasteiger partial charge in [0.1, 0.15) is 19.0 Å². The number of carboxylic acid groups (broad SMARTS) is 1. The molecule has 15 nitrogen and oxygen atoms in total. The van der Waals surface area contributed by atoms with Crippen LogP contribution in [0.4, 0.5) is 0 Å². The molecule has 5 N–H and O–H groups in total. The fourth-order valence-electron chi connectivity index (χ4n) is 9.30. The third kappa shape index (κ3) is 27.1. The number of ketones is 1. The van der Waals surface area contributed by atoms with Crippen molar-refractivity contribution in [2.24, 2.45) is 29.6 Å². The van der Waals surface area contributed by atoms with Gasteiger partial charge in [0.05, 0.1) is 65.2 Å². The van der Waals surface area contributed by atoms with Crippen LogP contribution >= 0.6 is 0 Å². The minimum Gasteiger partial charge on any atom is -0.481 e. The van der Waals surface area contributed by atoms with Gasteiger partial charge in [-0.3, -0.25) is 28.8 Å². The molecule has 0 atom stereocenters.